The number of halogens is 1. The molecule has 0 heterocycles. The number of carbonyl (C=O) groups excluding carboxylic acids is 1. The third-order valence-corrected chi connectivity index (χ3v) is 6.06. The van der Waals surface area contributed by atoms with Crippen LogP contribution >= 0.6 is 18.9 Å². The summed E-state index contributed by atoms with van der Waals surface area (Å²) in [5.74, 6) is 0.136. The van der Waals surface area contributed by atoms with Gasteiger partial charge in [0.05, 0.1) is 0 Å². The number of benzene rings is 1. The standard InChI is InChI=1S/C15H23ClNOP.Y/c1-7-13(19(4,5)6)15(18)17-14-10(2)8-12(16)9-11(14)3;/h8-9,13H,7H2,1-6H3;/p+1. The number of carbonyl (C=O) groups is 1. The molecule has 109 valence electrons. The first-order valence-electron chi connectivity index (χ1n) is 6.55. The predicted molar refractivity (Wildman–Crippen MR) is 88.3 cm³/mol. The maximum absolute atomic E-state index is 12.5. The third-order valence-electron chi connectivity index (χ3n) is 3.37. The Labute approximate surface area is 153 Å². The molecule has 1 aromatic carbocycles. The van der Waals surface area contributed by atoms with Gasteiger partial charge < -0.3 is 5.32 Å². The van der Waals surface area contributed by atoms with Crippen LogP contribution in [0.15, 0.2) is 12.1 Å². The van der Waals surface area contributed by atoms with Crippen LogP contribution in [0.4, 0.5) is 5.69 Å². The molecule has 0 spiro atoms. The maximum atomic E-state index is 12.5. The number of aryl methyl sites for hydroxylation is 2. The second-order valence-corrected chi connectivity index (χ2v) is 11.2. The van der Waals surface area contributed by atoms with Crippen molar-refractivity contribution < 1.29 is 37.5 Å². The summed E-state index contributed by atoms with van der Waals surface area (Å²) in [7, 11) is -1.20. The van der Waals surface area contributed by atoms with Crippen molar-refractivity contribution >= 4 is 30.5 Å². The van der Waals surface area contributed by atoms with Gasteiger partial charge in [0, 0.05) is 70.7 Å². The second-order valence-electron chi connectivity index (χ2n) is 5.94. The monoisotopic (exact) mass is 389 g/mol. The van der Waals surface area contributed by atoms with Gasteiger partial charge in [0.2, 0.25) is 0 Å². The van der Waals surface area contributed by atoms with Crippen molar-refractivity contribution in [2.24, 2.45) is 0 Å². The minimum absolute atomic E-state index is 0. The molecule has 1 unspecified atom stereocenters. The smallest absolute Gasteiger partial charge is 0.264 e. The van der Waals surface area contributed by atoms with Crippen LogP contribution < -0.4 is 5.32 Å². The molecule has 1 radical (unpaired) electrons. The minimum Gasteiger partial charge on any atom is -0.322 e. The van der Waals surface area contributed by atoms with Crippen molar-refractivity contribution in [3.63, 3.8) is 0 Å². The molecule has 1 aromatic rings. The van der Waals surface area contributed by atoms with E-state index in [4.69, 9.17) is 11.6 Å². The average molecular weight is 390 g/mol. The Kier molecular flexibility index (Phi) is 8.44. The zero-order valence-corrected chi connectivity index (χ0v) is 17.7. The molecule has 0 saturated heterocycles. The number of hydrogen-bond donors (Lipinski definition) is 1. The van der Waals surface area contributed by atoms with Gasteiger partial charge in [0.1, 0.15) is 5.66 Å². The molecule has 0 aliphatic heterocycles. The summed E-state index contributed by atoms with van der Waals surface area (Å²) in [6.45, 7) is 12.7. The normalized spacial score (nSPS) is 12.6. The first kappa shape index (κ1) is 20.5. The van der Waals surface area contributed by atoms with E-state index in [1.54, 1.807) is 0 Å². The topological polar surface area (TPSA) is 29.1 Å². The Morgan fingerprint density at radius 1 is 1.25 bits per heavy atom. The van der Waals surface area contributed by atoms with Crippen LogP contribution in [-0.2, 0) is 37.5 Å². The van der Waals surface area contributed by atoms with Crippen LogP contribution in [0, 0.1) is 13.8 Å². The van der Waals surface area contributed by atoms with Gasteiger partial charge in [-0.3, -0.25) is 4.79 Å². The first-order chi connectivity index (χ1) is 8.66. The number of rotatable bonds is 4. The summed E-state index contributed by atoms with van der Waals surface area (Å²) in [5, 5.41) is 3.80. The van der Waals surface area contributed by atoms with Gasteiger partial charge >= 0.3 is 0 Å². The third kappa shape index (κ3) is 5.37. The summed E-state index contributed by atoms with van der Waals surface area (Å²) < 4.78 is 0. The van der Waals surface area contributed by atoms with Crippen molar-refractivity contribution in [2.75, 3.05) is 25.3 Å². The van der Waals surface area contributed by atoms with Crippen LogP contribution in [0.3, 0.4) is 0 Å². The predicted octanol–water partition coefficient (Wildman–Crippen LogP) is 4.58. The van der Waals surface area contributed by atoms with E-state index in [-0.39, 0.29) is 44.3 Å². The Balaban J connectivity index is 0.00000361. The summed E-state index contributed by atoms with van der Waals surface area (Å²) in [4.78, 5) is 12.5. The maximum Gasteiger partial charge on any atom is 0.264 e. The molecule has 1 atom stereocenters. The molecular weight excluding hydrogens is 366 g/mol. The number of anilines is 1. The van der Waals surface area contributed by atoms with Gasteiger partial charge in [0.15, 0.2) is 0 Å². The Hall–Kier alpha value is 0.514. The molecule has 2 nitrogen and oxygen atoms in total. The summed E-state index contributed by atoms with van der Waals surface area (Å²) >= 11 is 6.01. The molecule has 0 aromatic heterocycles. The molecule has 0 aliphatic carbocycles. The van der Waals surface area contributed by atoms with Crippen LogP contribution in [0.1, 0.15) is 24.5 Å². The fourth-order valence-corrected chi connectivity index (χ4v) is 4.59. The van der Waals surface area contributed by atoms with Crippen molar-refractivity contribution in [1.29, 1.82) is 0 Å². The van der Waals surface area contributed by atoms with Crippen molar-refractivity contribution in [2.45, 2.75) is 32.9 Å². The molecule has 20 heavy (non-hydrogen) atoms. The molecule has 0 aliphatic rings. The Bertz CT molecular complexity index is 462. The first-order valence-corrected chi connectivity index (χ1v) is 10.1. The fourth-order valence-electron chi connectivity index (χ4n) is 2.40. The van der Waals surface area contributed by atoms with E-state index in [1.165, 1.54) is 0 Å². The number of hydrogen-bond acceptors (Lipinski definition) is 1. The number of nitrogens with one attached hydrogen (secondary N) is 1. The van der Waals surface area contributed by atoms with E-state index in [9.17, 15) is 4.79 Å². The van der Waals surface area contributed by atoms with Crippen LogP contribution in [-0.4, -0.2) is 31.6 Å². The van der Waals surface area contributed by atoms with Gasteiger partial charge in [-0.25, -0.2) is 0 Å². The zero-order valence-electron chi connectivity index (χ0n) is 13.2. The van der Waals surface area contributed by atoms with E-state index in [0.29, 0.717) is 5.02 Å². The van der Waals surface area contributed by atoms with Crippen molar-refractivity contribution in [3.05, 3.63) is 28.3 Å². The summed E-state index contributed by atoms with van der Waals surface area (Å²) in [5.41, 5.74) is 3.05. The molecular formula is C15H24ClNOPY+. The molecule has 0 saturated carbocycles. The van der Waals surface area contributed by atoms with E-state index in [0.717, 1.165) is 23.2 Å². The van der Waals surface area contributed by atoms with E-state index < -0.39 is 7.26 Å². The van der Waals surface area contributed by atoms with Crippen molar-refractivity contribution in [3.8, 4) is 0 Å². The summed E-state index contributed by atoms with van der Waals surface area (Å²) in [6, 6.07) is 3.77. The van der Waals surface area contributed by atoms with Crippen LogP contribution in [0.2, 0.25) is 5.02 Å². The quantitative estimate of drug-likeness (QED) is 0.750. The molecule has 0 fully saturated rings. The molecule has 1 N–H and O–H groups in total. The van der Waals surface area contributed by atoms with E-state index in [1.807, 2.05) is 26.0 Å². The average Bonchev–Trinajstić information content (AvgIpc) is 2.22. The van der Waals surface area contributed by atoms with Gasteiger partial charge in [0.25, 0.3) is 5.91 Å². The SMILES string of the molecule is CCC(C(=O)Nc1c(C)cc(Cl)cc1C)[P+](C)(C)C.[Y]. The molecule has 1 rings (SSSR count). The fraction of sp³-hybridized carbons (Fsp3) is 0.533. The largest absolute Gasteiger partial charge is 0.322 e. The number of amides is 1. The second kappa shape index (κ2) is 8.23. The van der Waals surface area contributed by atoms with E-state index in [2.05, 4.69) is 32.2 Å². The van der Waals surface area contributed by atoms with Gasteiger partial charge in [-0.2, -0.15) is 0 Å². The van der Waals surface area contributed by atoms with Gasteiger partial charge in [-0.05, 0) is 43.5 Å². The van der Waals surface area contributed by atoms with Crippen molar-refractivity contribution in [1.82, 2.24) is 0 Å². The Morgan fingerprint density at radius 3 is 2.05 bits per heavy atom. The van der Waals surface area contributed by atoms with Gasteiger partial charge in [-0.15, -0.1) is 0 Å². The molecule has 5 heteroatoms. The summed E-state index contributed by atoms with van der Waals surface area (Å²) in [6.07, 6.45) is 0.884. The minimum atomic E-state index is -1.20. The van der Waals surface area contributed by atoms with Gasteiger partial charge in [-0.1, -0.05) is 18.5 Å². The Morgan fingerprint density at radius 2 is 1.70 bits per heavy atom. The van der Waals surface area contributed by atoms with Crippen LogP contribution in [0.25, 0.3) is 0 Å². The molecule has 0 bridgehead atoms. The molecule has 1 amide bonds. The zero-order chi connectivity index (χ0) is 14.8. The van der Waals surface area contributed by atoms with Crippen LogP contribution in [0.5, 0.6) is 0 Å². The van der Waals surface area contributed by atoms with E-state index >= 15 is 0 Å².